The molecule has 0 bridgehead atoms. The van der Waals surface area contributed by atoms with Crippen molar-refractivity contribution in [2.24, 2.45) is 0 Å². The zero-order valence-corrected chi connectivity index (χ0v) is 16.5. The molecule has 1 aliphatic heterocycles. The van der Waals surface area contributed by atoms with Crippen LogP contribution in [-0.2, 0) is 19.9 Å². The molecule has 1 unspecified atom stereocenters. The number of likely N-dealkylation sites (N-methyl/N-ethyl adjacent to an activating group) is 1. The minimum atomic E-state index is -2.09. The number of rotatable bonds is 6. The Labute approximate surface area is 168 Å². The molecule has 0 fully saturated rings. The van der Waals surface area contributed by atoms with Crippen molar-refractivity contribution in [1.29, 1.82) is 0 Å². The maximum Gasteiger partial charge on any atom is 0.341 e. The SMILES string of the molecule is CCCCNC(=O)C1(OC(=O)c2ccccc2Cl)C(=O)N(C)c2ccccc21. The number of unbranched alkanes of at least 4 members (excludes halogenated alkanes) is 1. The van der Waals surface area contributed by atoms with Crippen molar-refractivity contribution in [1.82, 2.24) is 5.32 Å². The van der Waals surface area contributed by atoms with Gasteiger partial charge in [0.15, 0.2) is 0 Å². The number of nitrogens with zero attached hydrogens (tertiary/aromatic N) is 1. The second kappa shape index (κ2) is 8.02. The van der Waals surface area contributed by atoms with Gasteiger partial charge in [-0.1, -0.05) is 55.3 Å². The average molecular weight is 401 g/mol. The fraction of sp³-hybridized carbons (Fsp3) is 0.286. The molecule has 0 spiro atoms. The summed E-state index contributed by atoms with van der Waals surface area (Å²) < 4.78 is 5.64. The van der Waals surface area contributed by atoms with Crippen molar-refractivity contribution in [2.75, 3.05) is 18.5 Å². The van der Waals surface area contributed by atoms with Gasteiger partial charge >= 0.3 is 5.97 Å². The highest BCUT2D eigenvalue weighted by molar-refractivity contribution is 6.33. The predicted molar refractivity (Wildman–Crippen MR) is 106 cm³/mol. The summed E-state index contributed by atoms with van der Waals surface area (Å²) in [7, 11) is 1.55. The van der Waals surface area contributed by atoms with E-state index in [1.807, 2.05) is 6.92 Å². The lowest BCUT2D eigenvalue weighted by Gasteiger charge is -2.27. The summed E-state index contributed by atoms with van der Waals surface area (Å²) in [6, 6.07) is 13.1. The van der Waals surface area contributed by atoms with E-state index in [1.165, 1.54) is 11.0 Å². The summed E-state index contributed by atoms with van der Waals surface area (Å²) in [6.07, 6.45) is 1.61. The first-order valence-electron chi connectivity index (χ1n) is 9.07. The van der Waals surface area contributed by atoms with E-state index in [9.17, 15) is 14.4 Å². The van der Waals surface area contributed by atoms with Gasteiger partial charge in [0.1, 0.15) is 0 Å². The molecule has 0 saturated heterocycles. The quantitative estimate of drug-likeness (QED) is 0.458. The Bertz CT molecular complexity index is 930. The van der Waals surface area contributed by atoms with Crippen LogP contribution in [0.15, 0.2) is 48.5 Å². The zero-order valence-electron chi connectivity index (χ0n) is 15.7. The van der Waals surface area contributed by atoms with E-state index in [0.717, 1.165) is 12.8 Å². The van der Waals surface area contributed by atoms with Crippen molar-refractivity contribution in [3.63, 3.8) is 0 Å². The van der Waals surface area contributed by atoms with Gasteiger partial charge in [0.25, 0.3) is 17.4 Å². The normalized spacial score (nSPS) is 18.0. The minimum Gasteiger partial charge on any atom is -0.430 e. The van der Waals surface area contributed by atoms with Crippen LogP contribution in [0.1, 0.15) is 35.7 Å². The highest BCUT2D eigenvalue weighted by Gasteiger charge is 2.59. The molecule has 0 saturated carbocycles. The molecule has 0 aliphatic carbocycles. The lowest BCUT2D eigenvalue weighted by atomic mass is 9.93. The zero-order chi connectivity index (χ0) is 20.3. The molecule has 28 heavy (non-hydrogen) atoms. The molecule has 0 aromatic heterocycles. The standard InChI is InChI=1S/C21H21ClN2O4/c1-3-4-13-23-19(26)21(28-18(25)14-9-5-7-11-16(14)22)15-10-6-8-12-17(15)24(2)20(21)27/h5-12H,3-4,13H2,1-2H3,(H,23,26). The number of esters is 1. The second-order valence-corrected chi connectivity index (χ2v) is 6.95. The lowest BCUT2D eigenvalue weighted by molar-refractivity contribution is -0.152. The van der Waals surface area contributed by atoms with Crippen LogP contribution in [0.4, 0.5) is 5.69 Å². The molecule has 0 radical (unpaired) electrons. The summed E-state index contributed by atoms with van der Waals surface area (Å²) in [5, 5.41) is 2.91. The highest BCUT2D eigenvalue weighted by atomic mass is 35.5. The number of para-hydroxylation sites is 1. The molecule has 2 amide bonds. The Morgan fingerprint density at radius 1 is 1.14 bits per heavy atom. The summed E-state index contributed by atoms with van der Waals surface area (Å²) in [5.74, 6) is -2.12. The topological polar surface area (TPSA) is 75.7 Å². The minimum absolute atomic E-state index is 0.0877. The van der Waals surface area contributed by atoms with E-state index in [4.69, 9.17) is 16.3 Å². The second-order valence-electron chi connectivity index (χ2n) is 6.54. The summed E-state index contributed by atoms with van der Waals surface area (Å²) >= 11 is 6.10. The summed E-state index contributed by atoms with van der Waals surface area (Å²) in [4.78, 5) is 40.5. The molecule has 1 atom stereocenters. The number of anilines is 1. The smallest absolute Gasteiger partial charge is 0.341 e. The number of hydrogen-bond donors (Lipinski definition) is 1. The van der Waals surface area contributed by atoms with E-state index in [0.29, 0.717) is 17.8 Å². The van der Waals surface area contributed by atoms with Gasteiger partial charge in [-0.2, -0.15) is 0 Å². The molecule has 1 heterocycles. The third kappa shape index (κ3) is 3.24. The van der Waals surface area contributed by atoms with E-state index in [-0.39, 0.29) is 10.6 Å². The molecule has 146 valence electrons. The number of amides is 2. The van der Waals surface area contributed by atoms with Crippen LogP contribution >= 0.6 is 11.6 Å². The van der Waals surface area contributed by atoms with Crippen LogP contribution in [0, 0.1) is 0 Å². The van der Waals surface area contributed by atoms with Crippen molar-refractivity contribution >= 4 is 35.1 Å². The summed E-state index contributed by atoms with van der Waals surface area (Å²) in [5.41, 5.74) is -1.15. The van der Waals surface area contributed by atoms with Gasteiger partial charge in [-0.3, -0.25) is 9.59 Å². The third-order valence-electron chi connectivity index (χ3n) is 4.73. The number of benzene rings is 2. The molecule has 1 N–H and O–H groups in total. The van der Waals surface area contributed by atoms with Crippen LogP contribution in [-0.4, -0.2) is 31.4 Å². The van der Waals surface area contributed by atoms with Crippen molar-refractivity contribution in [3.05, 3.63) is 64.7 Å². The molecule has 3 rings (SSSR count). The number of nitrogens with one attached hydrogen (secondary N) is 1. The number of carbonyl (C=O) groups is 3. The molecular weight excluding hydrogens is 380 g/mol. The fourth-order valence-corrected chi connectivity index (χ4v) is 3.43. The maximum atomic E-state index is 13.2. The van der Waals surface area contributed by atoms with E-state index < -0.39 is 23.4 Å². The van der Waals surface area contributed by atoms with Gasteiger partial charge in [0.05, 0.1) is 16.3 Å². The largest absolute Gasteiger partial charge is 0.430 e. The van der Waals surface area contributed by atoms with Crippen molar-refractivity contribution in [2.45, 2.75) is 25.4 Å². The van der Waals surface area contributed by atoms with E-state index in [1.54, 1.807) is 49.5 Å². The molecule has 7 heteroatoms. The van der Waals surface area contributed by atoms with Crippen LogP contribution in [0.3, 0.4) is 0 Å². The van der Waals surface area contributed by atoms with Gasteiger partial charge < -0.3 is 15.0 Å². The Hall–Kier alpha value is -2.86. The van der Waals surface area contributed by atoms with Gasteiger partial charge in [-0.05, 0) is 24.6 Å². The Morgan fingerprint density at radius 2 is 1.82 bits per heavy atom. The van der Waals surface area contributed by atoms with Gasteiger partial charge in [-0.25, -0.2) is 4.79 Å². The van der Waals surface area contributed by atoms with Crippen LogP contribution < -0.4 is 10.2 Å². The molecule has 2 aromatic carbocycles. The van der Waals surface area contributed by atoms with Crippen molar-refractivity contribution in [3.8, 4) is 0 Å². The van der Waals surface area contributed by atoms with Gasteiger partial charge in [0, 0.05) is 19.2 Å². The molecule has 1 aliphatic rings. The Balaban J connectivity index is 2.06. The Kier molecular flexibility index (Phi) is 5.70. The lowest BCUT2D eigenvalue weighted by Crippen LogP contribution is -2.53. The third-order valence-corrected chi connectivity index (χ3v) is 5.06. The maximum absolute atomic E-state index is 13.2. The van der Waals surface area contributed by atoms with E-state index >= 15 is 0 Å². The van der Waals surface area contributed by atoms with Crippen LogP contribution in [0.5, 0.6) is 0 Å². The van der Waals surface area contributed by atoms with Crippen molar-refractivity contribution < 1.29 is 19.1 Å². The van der Waals surface area contributed by atoms with Gasteiger partial charge in [-0.15, -0.1) is 0 Å². The van der Waals surface area contributed by atoms with Crippen LogP contribution in [0.25, 0.3) is 0 Å². The number of hydrogen-bond acceptors (Lipinski definition) is 4. The Morgan fingerprint density at radius 3 is 2.54 bits per heavy atom. The monoisotopic (exact) mass is 400 g/mol. The molecular formula is C21H21ClN2O4. The number of halogens is 1. The average Bonchev–Trinajstić information content (AvgIpc) is 2.91. The van der Waals surface area contributed by atoms with Gasteiger partial charge in [0.2, 0.25) is 0 Å². The summed E-state index contributed by atoms with van der Waals surface area (Å²) in [6.45, 7) is 2.36. The fourth-order valence-electron chi connectivity index (χ4n) is 3.21. The number of fused-ring (bicyclic) bond motifs is 1. The molecule has 6 nitrogen and oxygen atoms in total. The molecule has 2 aromatic rings. The van der Waals surface area contributed by atoms with E-state index in [2.05, 4.69) is 5.32 Å². The number of carbonyl (C=O) groups excluding carboxylic acids is 3. The van der Waals surface area contributed by atoms with Crippen LogP contribution in [0.2, 0.25) is 5.02 Å². The predicted octanol–water partition coefficient (Wildman–Crippen LogP) is 3.29. The first-order valence-corrected chi connectivity index (χ1v) is 9.45. The first-order chi connectivity index (χ1) is 13.4. The first kappa shape index (κ1) is 19.9. The highest BCUT2D eigenvalue weighted by Crippen LogP contribution is 2.43. The number of ether oxygens (including phenoxy) is 1.